The number of likely N-dealkylation sites (tertiary alicyclic amines) is 1. The van der Waals surface area contributed by atoms with E-state index >= 15 is 0 Å². The average Bonchev–Trinajstić information content (AvgIpc) is 2.41. The van der Waals surface area contributed by atoms with Crippen LogP contribution in [0.3, 0.4) is 0 Å². The maximum absolute atomic E-state index is 12.0. The van der Waals surface area contributed by atoms with Crippen LogP contribution >= 0.6 is 0 Å². The maximum Gasteiger partial charge on any atom is 0.251 e. The summed E-state index contributed by atoms with van der Waals surface area (Å²) in [5, 5.41) is 3.03. The molecule has 3 nitrogen and oxygen atoms in total. The third kappa shape index (κ3) is 4.97. The van der Waals surface area contributed by atoms with Crippen molar-refractivity contribution in [1.82, 2.24) is 10.2 Å². The molecule has 1 N–H and O–H groups in total. The Bertz CT molecular complexity index is 423. The van der Waals surface area contributed by atoms with Gasteiger partial charge in [-0.2, -0.15) is 0 Å². The van der Waals surface area contributed by atoms with Gasteiger partial charge in [0.1, 0.15) is 0 Å². The Kier molecular flexibility index (Phi) is 6.06. The Balaban J connectivity index is 1.73. The van der Waals surface area contributed by atoms with Crippen LogP contribution in [0.15, 0.2) is 24.3 Å². The van der Waals surface area contributed by atoms with E-state index in [9.17, 15) is 4.79 Å². The Morgan fingerprint density at radius 2 is 1.85 bits per heavy atom. The largest absolute Gasteiger partial charge is 0.351 e. The maximum atomic E-state index is 12.0. The van der Waals surface area contributed by atoms with Gasteiger partial charge in [0, 0.05) is 18.7 Å². The molecule has 0 atom stereocenters. The SMILES string of the molecule is Cc1cccc(C(=O)NCCN2CCCCCCC2)c1. The summed E-state index contributed by atoms with van der Waals surface area (Å²) in [7, 11) is 0. The lowest BCUT2D eigenvalue weighted by Crippen LogP contribution is -2.36. The molecule has 1 aromatic rings. The van der Waals surface area contributed by atoms with Crippen molar-refractivity contribution in [3.05, 3.63) is 35.4 Å². The third-order valence-corrected chi connectivity index (χ3v) is 3.94. The summed E-state index contributed by atoms with van der Waals surface area (Å²) >= 11 is 0. The molecule has 1 saturated heterocycles. The first-order valence-corrected chi connectivity index (χ1v) is 7.83. The molecule has 3 heteroatoms. The molecule has 20 heavy (non-hydrogen) atoms. The number of carbonyl (C=O) groups is 1. The second-order valence-electron chi connectivity index (χ2n) is 5.73. The van der Waals surface area contributed by atoms with E-state index in [-0.39, 0.29) is 5.91 Å². The summed E-state index contributed by atoms with van der Waals surface area (Å²) in [6.07, 6.45) is 6.69. The standard InChI is InChI=1S/C17H26N2O/c1-15-8-7-9-16(14-15)17(20)18-10-13-19-11-5-3-2-4-6-12-19/h7-9,14H,2-6,10-13H2,1H3,(H,18,20). The first-order valence-electron chi connectivity index (χ1n) is 7.83. The Morgan fingerprint density at radius 1 is 1.15 bits per heavy atom. The molecule has 1 aliphatic rings. The highest BCUT2D eigenvalue weighted by Gasteiger charge is 2.09. The summed E-state index contributed by atoms with van der Waals surface area (Å²) in [5.41, 5.74) is 1.89. The van der Waals surface area contributed by atoms with E-state index in [0.29, 0.717) is 0 Å². The van der Waals surface area contributed by atoms with Gasteiger partial charge in [0.25, 0.3) is 5.91 Å². The number of benzene rings is 1. The van der Waals surface area contributed by atoms with Crippen molar-refractivity contribution in [3.8, 4) is 0 Å². The van der Waals surface area contributed by atoms with Gasteiger partial charge in [-0.3, -0.25) is 4.79 Å². The zero-order valence-corrected chi connectivity index (χ0v) is 12.5. The molecule has 2 rings (SSSR count). The van der Waals surface area contributed by atoms with Gasteiger partial charge in [0.2, 0.25) is 0 Å². The van der Waals surface area contributed by atoms with Crippen molar-refractivity contribution >= 4 is 5.91 Å². The molecule has 0 bridgehead atoms. The molecule has 0 spiro atoms. The average molecular weight is 274 g/mol. The van der Waals surface area contributed by atoms with E-state index in [4.69, 9.17) is 0 Å². The number of amides is 1. The smallest absolute Gasteiger partial charge is 0.251 e. The van der Waals surface area contributed by atoms with Crippen molar-refractivity contribution in [2.45, 2.75) is 39.0 Å². The lowest BCUT2D eigenvalue weighted by molar-refractivity contribution is 0.0947. The molecular formula is C17H26N2O. The van der Waals surface area contributed by atoms with E-state index in [1.807, 2.05) is 31.2 Å². The molecule has 0 saturated carbocycles. The zero-order valence-electron chi connectivity index (χ0n) is 12.5. The minimum atomic E-state index is 0.0424. The minimum Gasteiger partial charge on any atom is -0.351 e. The van der Waals surface area contributed by atoms with Crippen LogP contribution in [0, 0.1) is 6.92 Å². The van der Waals surface area contributed by atoms with E-state index in [0.717, 1.165) is 24.2 Å². The molecule has 1 amide bonds. The molecule has 0 aliphatic carbocycles. The van der Waals surface area contributed by atoms with Crippen LogP contribution in [0.4, 0.5) is 0 Å². The van der Waals surface area contributed by atoms with Gasteiger partial charge < -0.3 is 10.2 Å². The summed E-state index contributed by atoms with van der Waals surface area (Å²) in [6, 6.07) is 7.75. The molecule has 110 valence electrons. The second kappa shape index (κ2) is 8.05. The third-order valence-electron chi connectivity index (χ3n) is 3.94. The van der Waals surface area contributed by atoms with Crippen molar-refractivity contribution < 1.29 is 4.79 Å². The van der Waals surface area contributed by atoms with Gasteiger partial charge in [0.15, 0.2) is 0 Å². The van der Waals surface area contributed by atoms with Crippen LogP contribution in [0.2, 0.25) is 0 Å². The molecule has 1 heterocycles. The molecule has 0 radical (unpaired) electrons. The minimum absolute atomic E-state index is 0.0424. The first-order chi connectivity index (χ1) is 9.75. The molecule has 0 unspecified atom stereocenters. The number of nitrogens with one attached hydrogen (secondary N) is 1. The molecule has 1 fully saturated rings. The number of nitrogens with zero attached hydrogens (tertiary/aromatic N) is 1. The van der Waals surface area contributed by atoms with Crippen molar-refractivity contribution in [1.29, 1.82) is 0 Å². The predicted octanol–water partition coefficient (Wildman–Crippen LogP) is 2.99. The molecule has 1 aromatic carbocycles. The number of hydrogen-bond donors (Lipinski definition) is 1. The van der Waals surface area contributed by atoms with Crippen molar-refractivity contribution in [3.63, 3.8) is 0 Å². The summed E-state index contributed by atoms with van der Waals surface area (Å²) in [4.78, 5) is 14.5. The van der Waals surface area contributed by atoms with Gasteiger partial charge in [-0.1, -0.05) is 37.0 Å². The van der Waals surface area contributed by atoms with E-state index in [1.54, 1.807) is 0 Å². The fourth-order valence-corrected chi connectivity index (χ4v) is 2.75. The van der Waals surface area contributed by atoms with Gasteiger partial charge in [-0.05, 0) is 45.0 Å². The van der Waals surface area contributed by atoms with Crippen LogP contribution in [-0.2, 0) is 0 Å². The van der Waals surface area contributed by atoms with Crippen LogP contribution in [0.5, 0.6) is 0 Å². The topological polar surface area (TPSA) is 32.3 Å². The quantitative estimate of drug-likeness (QED) is 0.915. The number of carbonyl (C=O) groups excluding carboxylic acids is 1. The summed E-state index contributed by atoms with van der Waals surface area (Å²) in [6.45, 7) is 6.09. The van der Waals surface area contributed by atoms with Crippen LogP contribution < -0.4 is 5.32 Å². The van der Waals surface area contributed by atoms with Gasteiger partial charge in [0.05, 0.1) is 0 Å². The molecule has 0 aromatic heterocycles. The van der Waals surface area contributed by atoms with Gasteiger partial charge >= 0.3 is 0 Å². The van der Waals surface area contributed by atoms with Gasteiger partial charge in [-0.15, -0.1) is 0 Å². The van der Waals surface area contributed by atoms with Crippen molar-refractivity contribution in [2.24, 2.45) is 0 Å². The summed E-state index contributed by atoms with van der Waals surface area (Å²) < 4.78 is 0. The lowest BCUT2D eigenvalue weighted by atomic mass is 10.1. The Hall–Kier alpha value is -1.35. The van der Waals surface area contributed by atoms with Gasteiger partial charge in [-0.25, -0.2) is 0 Å². The molecular weight excluding hydrogens is 248 g/mol. The van der Waals surface area contributed by atoms with Crippen molar-refractivity contribution in [2.75, 3.05) is 26.2 Å². The van der Waals surface area contributed by atoms with E-state index < -0.39 is 0 Å². The number of rotatable bonds is 4. The van der Waals surface area contributed by atoms with Crippen LogP contribution in [-0.4, -0.2) is 37.0 Å². The van der Waals surface area contributed by atoms with Crippen LogP contribution in [0.1, 0.15) is 48.0 Å². The number of aryl methyl sites for hydroxylation is 1. The highest BCUT2D eigenvalue weighted by atomic mass is 16.1. The Labute approximate surface area is 122 Å². The van der Waals surface area contributed by atoms with E-state index in [1.165, 1.54) is 45.2 Å². The van der Waals surface area contributed by atoms with Crippen LogP contribution in [0.25, 0.3) is 0 Å². The summed E-state index contributed by atoms with van der Waals surface area (Å²) in [5.74, 6) is 0.0424. The monoisotopic (exact) mass is 274 g/mol. The lowest BCUT2D eigenvalue weighted by Gasteiger charge is -2.24. The highest BCUT2D eigenvalue weighted by Crippen LogP contribution is 2.09. The predicted molar refractivity (Wildman–Crippen MR) is 83.0 cm³/mol. The fourth-order valence-electron chi connectivity index (χ4n) is 2.75. The number of hydrogen-bond acceptors (Lipinski definition) is 2. The second-order valence-corrected chi connectivity index (χ2v) is 5.73. The fraction of sp³-hybridized carbons (Fsp3) is 0.588. The molecule has 1 aliphatic heterocycles. The van der Waals surface area contributed by atoms with E-state index in [2.05, 4.69) is 10.2 Å². The Morgan fingerprint density at radius 3 is 2.55 bits per heavy atom. The first kappa shape index (κ1) is 15.0. The zero-order chi connectivity index (χ0) is 14.2. The highest BCUT2D eigenvalue weighted by molar-refractivity contribution is 5.94. The normalized spacial score (nSPS) is 17.2.